The maximum atomic E-state index is 12.2. The minimum absolute atomic E-state index is 0.226. The number of hydrogen-bond acceptors (Lipinski definition) is 2. The Hall–Kier alpha value is -0.570. The highest BCUT2D eigenvalue weighted by atomic mass is 16.1. The summed E-state index contributed by atoms with van der Waals surface area (Å²) in [7, 11) is 0. The zero-order valence-corrected chi connectivity index (χ0v) is 14.8. The largest absolute Gasteiger partial charge is 0.353 e. The summed E-state index contributed by atoms with van der Waals surface area (Å²) >= 11 is 0. The Morgan fingerprint density at radius 3 is 2.52 bits per heavy atom. The molecule has 0 radical (unpaired) electrons. The van der Waals surface area contributed by atoms with Crippen molar-refractivity contribution in [1.82, 2.24) is 5.32 Å². The van der Waals surface area contributed by atoms with Gasteiger partial charge in [0.15, 0.2) is 0 Å². The molecule has 1 saturated carbocycles. The second-order valence-electron chi connectivity index (χ2n) is 8.70. The number of rotatable bonds is 6. The zero-order valence-electron chi connectivity index (χ0n) is 14.8. The Balaban J connectivity index is 2.39. The molecule has 0 aromatic rings. The first-order valence-electron chi connectivity index (χ1n) is 8.63. The number of nitrogens with one attached hydrogen (secondary N) is 1. The van der Waals surface area contributed by atoms with Crippen LogP contribution >= 0.6 is 0 Å². The first-order chi connectivity index (χ1) is 9.64. The molecule has 1 aliphatic rings. The van der Waals surface area contributed by atoms with E-state index in [-0.39, 0.29) is 11.3 Å². The minimum atomic E-state index is 0.226. The predicted octanol–water partition coefficient (Wildman–Crippen LogP) is 3.86. The molecule has 0 heterocycles. The molecule has 124 valence electrons. The Bertz CT molecular complexity index is 331. The molecule has 2 atom stereocenters. The lowest BCUT2D eigenvalue weighted by molar-refractivity contribution is -0.122. The van der Waals surface area contributed by atoms with Crippen molar-refractivity contribution in [2.75, 3.05) is 6.54 Å². The van der Waals surface area contributed by atoms with Crippen LogP contribution in [0, 0.1) is 16.7 Å². The van der Waals surface area contributed by atoms with Gasteiger partial charge in [-0.05, 0) is 55.4 Å². The Labute approximate surface area is 131 Å². The van der Waals surface area contributed by atoms with E-state index in [0.29, 0.717) is 30.3 Å². The topological polar surface area (TPSA) is 55.1 Å². The average molecular weight is 296 g/mol. The SMILES string of the molecule is CC1(C)CCCC(NC(=O)CCC(CCN)C(C)(C)C)C1. The molecule has 0 aliphatic heterocycles. The van der Waals surface area contributed by atoms with Gasteiger partial charge in [-0.2, -0.15) is 0 Å². The highest BCUT2D eigenvalue weighted by Gasteiger charge is 2.29. The van der Waals surface area contributed by atoms with Gasteiger partial charge in [0.25, 0.3) is 0 Å². The Morgan fingerprint density at radius 2 is 2.00 bits per heavy atom. The van der Waals surface area contributed by atoms with Crippen LogP contribution in [0.5, 0.6) is 0 Å². The van der Waals surface area contributed by atoms with E-state index in [0.717, 1.165) is 25.7 Å². The number of nitrogens with two attached hydrogens (primary N) is 1. The summed E-state index contributed by atoms with van der Waals surface area (Å²) in [4.78, 5) is 12.2. The summed E-state index contributed by atoms with van der Waals surface area (Å²) in [6, 6.07) is 0.379. The number of hydrogen-bond donors (Lipinski definition) is 2. The van der Waals surface area contributed by atoms with Crippen LogP contribution in [-0.4, -0.2) is 18.5 Å². The third-order valence-electron chi connectivity index (χ3n) is 5.03. The van der Waals surface area contributed by atoms with Crippen molar-refractivity contribution in [2.45, 2.75) is 85.6 Å². The summed E-state index contributed by atoms with van der Waals surface area (Å²) in [5.41, 5.74) is 6.32. The van der Waals surface area contributed by atoms with Crippen molar-refractivity contribution < 1.29 is 4.79 Å². The van der Waals surface area contributed by atoms with E-state index in [4.69, 9.17) is 5.73 Å². The normalized spacial score (nSPS) is 23.6. The van der Waals surface area contributed by atoms with Crippen LogP contribution in [0.3, 0.4) is 0 Å². The molecule has 1 rings (SSSR count). The molecule has 1 fully saturated rings. The van der Waals surface area contributed by atoms with Gasteiger partial charge >= 0.3 is 0 Å². The van der Waals surface area contributed by atoms with Gasteiger partial charge < -0.3 is 11.1 Å². The van der Waals surface area contributed by atoms with Crippen molar-refractivity contribution in [1.29, 1.82) is 0 Å². The van der Waals surface area contributed by atoms with Crippen LogP contribution in [0.25, 0.3) is 0 Å². The van der Waals surface area contributed by atoms with Gasteiger partial charge in [-0.1, -0.05) is 41.0 Å². The van der Waals surface area contributed by atoms with Crippen molar-refractivity contribution >= 4 is 5.91 Å². The second kappa shape index (κ2) is 7.62. The maximum absolute atomic E-state index is 12.2. The quantitative estimate of drug-likeness (QED) is 0.782. The third-order valence-corrected chi connectivity index (χ3v) is 5.03. The van der Waals surface area contributed by atoms with E-state index in [9.17, 15) is 4.79 Å². The molecule has 1 amide bonds. The molecule has 3 nitrogen and oxygen atoms in total. The van der Waals surface area contributed by atoms with E-state index >= 15 is 0 Å². The van der Waals surface area contributed by atoms with Crippen molar-refractivity contribution in [3.63, 3.8) is 0 Å². The van der Waals surface area contributed by atoms with Gasteiger partial charge in [0.1, 0.15) is 0 Å². The highest BCUT2D eigenvalue weighted by molar-refractivity contribution is 5.76. The van der Waals surface area contributed by atoms with Crippen LogP contribution in [0.2, 0.25) is 0 Å². The molecule has 0 spiro atoms. The second-order valence-corrected chi connectivity index (χ2v) is 8.70. The molecule has 1 aliphatic carbocycles. The molecular weight excluding hydrogens is 260 g/mol. The van der Waals surface area contributed by atoms with Gasteiger partial charge in [0, 0.05) is 12.5 Å². The molecule has 0 saturated heterocycles. The van der Waals surface area contributed by atoms with E-state index in [1.165, 1.54) is 12.8 Å². The fourth-order valence-corrected chi connectivity index (χ4v) is 3.64. The molecule has 0 aromatic carbocycles. The van der Waals surface area contributed by atoms with E-state index in [1.807, 2.05) is 0 Å². The van der Waals surface area contributed by atoms with Crippen LogP contribution in [-0.2, 0) is 4.79 Å². The monoisotopic (exact) mass is 296 g/mol. The van der Waals surface area contributed by atoms with Crippen LogP contribution < -0.4 is 11.1 Å². The summed E-state index contributed by atoms with van der Waals surface area (Å²) in [5, 5.41) is 3.25. The molecule has 0 bridgehead atoms. The Morgan fingerprint density at radius 1 is 1.33 bits per heavy atom. The molecule has 3 N–H and O–H groups in total. The van der Waals surface area contributed by atoms with Crippen LogP contribution in [0.1, 0.15) is 79.6 Å². The molecular formula is C18H36N2O. The zero-order chi connectivity index (χ0) is 16.1. The summed E-state index contributed by atoms with van der Waals surface area (Å²) < 4.78 is 0. The van der Waals surface area contributed by atoms with Crippen molar-refractivity contribution in [3.8, 4) is 0 Å². The highest BCUT2D eigenvalue weighted by Crippen LogP contribution is 2.35. The number of carbonyl (C=O) groups excluding carboxylic acids is 1. The van der Waals surface area contributed by atoms with Gasteiger partial charge in [0.2, 0.25) is 5.91 Å². The predicted molar refractivity (Wildman–Crippen MR) is 90.0 cm³/mol. The van der Waals surface area contributed by atoms with Crippen molar-refractivity contribution in [3.05, 3.63) is 0 Å². The van der Waals surface area contributed by atoms with Crippen LogP contribution in [0.15, 0.2) is 0 Å². The van der Waals surface area contributed by atoms with Gasteiger partial charge in [-0.15, -0.1) is 0 Å². The Kier molecular flexibility index (Phi) is 6.71. The smallest absolute Gasteiger partial charge is 0.220 e. The maximum Gasteiger partial charge on any atom is 0.220 e. The fraction of sp³-hybridized carbons (Fsp3) is 0.944. The van der Waals surface area contributed by atoms with Crippen molar-refractivity contribution in [2.24, 2.45) is 22.5 Å². The van der Waals surface area contributed by atoms with E-state index in [2.05, 4.69) is 39.9 Å². The lowest BCUT2D eigenvalue weighted by atomic mass is 9.75. The summed E-state index contributed by atoms with van der Waals surface area (Å²) in [6.07, 6.45) is 7.36. The first-order valence-corrected chi connectivity index (χ1v) is 8.63. The molecule has 21 heavy (non-hydrogen) atoms. The first kappa shape index (κ1) is 18.5. The molecule has 0 aromatic heterocycles. The average Bonchev–Trinajstić information content (AvgIpc) is 2.31. The number of amides is 1. The van der Waals surface area contributed by atoms with E-state index in [1.54, 1.807) is 0 Å². The molecule has 3 heteroatoms. The van der Waals surface area contributed by atoms with Gasteiger partial charge in [0.05, 0.1) is 0 Å². The van der Waals surface area contributed by atoms with Crippen LogP contribution in [0.4, 0.5) is 0 Å². The lowest BCUT2D eigenvalue weighted by Gasteiger charge is -2.36. The minimum Gasteiger partial charge on any atom is -0.353 e. The third kappa shape index (κ3) is 6.82. The van der Waals surface area contributed by atoms with Gasteiger partial charge in [-0.3, -0.25) is 4.79 Å². The standard InChI is InChI=1S/C18H36N2O/c1-17(2,3)14(10-12-19)8-9-16(21)20-15-7-6-11-18(4,5)13-15/h14-15H,6-13,19H2,1-5H3,(H,20,21). The fourth-order valence-electron chi connectivity index (χ4n) is 3.64. The van der Waals surface area contributed by atoms with Gasteiger partial charge in [-0.25, -0.2) is 0 Å². The summed E-state index contributed by atoms with van der Waals surface area (Å²) in [5.74, 6) is 0.750. The lowest BCUT2D eigenvalue weighted by Crippen LogP contribution is -2.40. The molecule has 2 unspecified atom stereocenters. The van der Waals surface area contributed by atoms with E-state index < -0.39 is 0 Å². The summed E-state index contributed by atoms with van der Waals surface area (Å²) in [6.45, 7) is 12.1. The number of carbonyl (C=O) groups is 1.